The molecule has 2 aliphatic carbocycles. The largest absolute Gasteiger partial charge is 0.417 e. The van der Waals surface area contributed by atoms with Crippen LogP contribution in [0.4, 0.5) is 23.4 Å². The number of nitrogens with one attached hydrogen (secondary N) is 1. The fourth-order valence-corrected chi connectivity index (χ4v) is 5.12. The zero-order valence-electron chi connectivity index (χ0n) is 17.1. The molecule has 2 aromatic heterocycles. The van der Waals surface area contributed by atoms with Crippen molar-refractivity contribution >= 4 is 22.6 Å². The van der Waals surface area contributed by atoms with Gasteiger partial charge in [-0.15, -0.1) is 0 Å². The first-order valence-corrected chi connectivity index (χ1v) is 10.6. The minimum atomic E-state index is -4.46. The lowest BCUT2D eigenvalue weighted by atomic mass is 9.75. The van der Waals surface area contributed by atoms with Crippen LogP contribution >= 0.6 is 0 Å². The van der Waals surface area contributed by atoms with Gasteiger partial charge in [0, 0.05) is 23.7 Å². The number of halogens is 4. The molecule has 5 rings (SSSR count). The minimum Gasteiger partial charge on any atom is -0.310 e. The van der Waals surface area contributed by atoms with Gasteiger partial charge in [0.1, 0.15) is 11.6 Å². The Morgan fingerprint density at radius 3 is 2.53 bits per heavy atom. The van der Waals surface area contributed by atoms with Gasteiger partial charge >= 0.3 is 6.18 Å². The van der Waals surface area contributed by atoms with Crippen LogP contribution in [0.25, 0.3) is 10.9 Å². The van der Waals surface area contributed by atoms with Crippen LogP contribution in [0.5, 0.6) is 0 Å². The maximum Gasteiger partial charge on any atom is 0.417 e. The molecule has 0 saturated heterocycles. The summed E-state index contributed by atoms with van der Waals surface area (Å²) in [6, 6.07) is 8.69. The fourth-order valence-electron chi connectivity index (χ4n) is 5.12. The number of fused-ring (bicyclic) bond motifs is 1. The van der Waals surface area contributed by atoms with E-state index in [0.29, 0.717) is 0 Å². The highest BCUT2D eigenvalue weighted by atomic mass is 19.4. The monoisotopic (exact) mass is 443 g/mol. The minimum absolute atomic E-state index is 0.0550. The maximum atomic E-state index is 13.8. The van der Waals surface area contributed by atoms with E-state index in [1.807, 2.05) is 6.07 Å². The van der Waals surface area contributed by atoms with Gasteiger partial charge in [0.05, 0.1) is 11.1 Å². The number of benzene rings is 1. The van der Waals surface area contributed by atoms with Crippen LogP contribution in [0.15, 0.2) is 48.8 Å². The maximum absolute atomic E-state index is 13.8. The molecular formula is C24H21F4N3O. The number of alkyl halides is 3. The van der Waals surface area contributed by atoms with Crippen LogP contribution in [0.1, 0.15) is 49.1 Å². The Morgan fingerprint density at radius 2 is 1.84 bits per heavy atom. The third-order valence-corrected chi connectivity index (χ3v) is 7.01. The number of pyridine rings is 2. The highest BCUT2D eigenvalue weighted by Gasteiger charge is 2.58. The first-order valence-electron chi connectivity index (χ1n) is 10.6. The van der Waals surface area contributed by atoms with Crippen LogP contribution in [0, 0.1) is 17.2 Å². The first kappa shape index (κ1) is 20.8. The van der Waals surface area contributed by atoms with Crippen molar-refractivity contribution in [3.05, 3.63) is 65.7 Å². The Bertz CT molecular complexity index is 1170. The number of nitrogens with zero attached hydrogens (tertiary/aromatic N) is 2. The summed E-state index contributed by atoms with van der Waals surface area (Å²) in [6.07, 6.45) is 2.37. The van der Waals surface area contributed by atoms with E-state index in [4.69, 9.17) is 0 Å². The lowest BCUT2D eigenvalue weighted by Gasteiger charge is -2.30. The number of hydrogen-bond donors (Lipinski definition) is 1. The molecule has 8 heteroatoms. The normalized spacial score (nSPS) is 25.1. The van der Waals surface area contributed by atoms with E-state index in [0.717, 1.165) is 60.8 Å². The highest BCUT2D eigenvalue weighted by molar-refractivity contribution is 5.94. The van der Waals surface area contributed by atoms with E-state index in [1.54, 1.807) is 12.3 Å². The highest BCUT2D eigenvalue weighted by Crippen LogP contribution is 2.63. The summed E-state index contributed by atoms with van der Waals surface area (Å²) in [7, 11) is 0. The molecule has 32 heavy (non-hydrogen) atoms. The van der Waals surface area contributed by atoms with Gasteiger partial charge in [-0.1, -0.05) is 0 Å². The molecule has 1 amide bonds. The number of amides is 1. The molecule has 2 saturated carbocycles. The lowest BCUT2D eigenvalue weighted by molar-refractivity contribution is -0.137. The second kappa shape index (κ2) is 7.53. The zero-order chi connectivity index (χ0) is 22.5. The summed E-state index contributed by atoms with van der Waals surface area (Å²) in [5.41, 5.74) is 0.970. The first-order chi connectivity index (χ1) is 15.2. The van der Waals surface area contributed by atoms with Crippen molar-refractivity contribution in [3.8, 4) is 0 Å². The van der Waals surface area contributed by atoms with Gasteiger partial charge in [0.2, 0.25) is 5.91 Å². The Labute approximate surface area is 182 Å². The zero-order valence-corrected chi connectivity index (χ0v) is 17.1. The summed E-state index contributed by atoms with van der Waals surface area (Å²) in [5, 5.41) is 3.50. The number of rotatable bonds is 3. The van der Waals surface area contributed by atoms with E-state index >= 15 is 0 Å². The van der Waals surface area contributed by atoms with Crippen molar-refractivity contribution in [1.29, 1.82) is 0 Å². The van der Waals surface area contributed by atoms with Crippen LogP contribution in [0.3, 0.4) is 0 Å². The second-order valence-electron chi connectivity index (χ2n) is 8.87. The molecule has 0 radical (unpaired) electrons. The van der Waals surface area contributed by atoms with Crippen LogP contribution in [0.2, 0.25) is 0 Å². The van der Waals surface area contributed by atoms with Gasteiger partial charge in [-0.3, -0.25) is 9.78 Å². The summed E-state index contributed by atoms with van der Waals surface area (Å²) in [6.45, 7) is 0. The van der Waals surface area contributed by atoms with Gasteiger partial charge in [-0.25, -0.2) is 9.37 Å². The average Bonchev–Trinajstić information content (AvgIpc) is 3.47. The molecule has 0 bridgehead atoms. The molecule has 1 spiro atoms. The van der Waals surface area contributed by atoms with Gasteiger partial charge in [-0.05, 0) is 85.4 Å². The van der Waals surface area contributed by atoms with Crippen molar-refractivity contribution in [2.45, 2.75) is 44.2 Å². The van der Waals surface area contributed by atoms with Gasteiger partial charge in [0.25, 0.3) is 0 Å². The van der Waals surface area contributed by atoms with E-state index in [-0.39, 0.29) is 34.8 Å². The topological polar surface area (TPSA) is 54.9 Å². The molecule has 3 aromatic rings. The number of anilines is 1. The Hall–Kier alpha value is -3.03. The lowest BCUT2D eigenvalue weighted by Crippen LogP contribution is -2.23. The van der Waals surface area contributed by atoms with Crippen LogP contribution in [-0.4, -0.2) is 15.9 Å². The van der Waals surface area contributed by atoms with E-state index in [2.05, 4.69) is 15.3 Å². The summed E-state index contributed by atoms with van der Waals surface area (Å²) in [5.74, 6) is -0.209. The molecule has 1 aromatic carbocycles. The molecule has 0 aliphatic heterocycles. The van der Waals surface area contributed by atoms with Gasteiger partial charge < -0.3 is 5.32 Å². The smallest absolute Gasteiger partial charge is 0.310 e. The Morgan fingerprint density at radius 1 is 1.06 bits per heavy atom. The van der Waals surface area contributed by atoms with Gasteiger partial charge in [0.15, 0.2) is 0 Å². The standard InChI is InChI=1S/C24H21F4N3O/c25-16-2-3-20-18(11-16)17(7-10-29-20)14-5-8-23(9-6-14)12-19(23)22(32)31-21-4-1-15(13-30-21)24(26,27)28/h1-4,7,10-11,13-14,19H,5-6,8-9,12H2,(H,30,31,32)/t14-,19-,23+/m1/s1. The van der Waals surface area contributed by atoms with Crippen molar-refractivity contribution in [2.24, 2.45) is 11.3 Å². The van der Waals surface area contributed by atoms with Crippen LogP contribution < -0.4 is 5.32 Å². The molecule has 4 nitrogen and oxygen atoms in total. The molecule has 2 aliphatic rings. The third kappa shape index (κ3) is 3.82. The predicted octanol–water partition coefficient (Wildman–Crippen LogP) is 6.09. The molecule has 0 unspecified atom stereocenters. The fraction of sp³-hybridized carbons (Fsp3) is 0.375. The summed E-state index contributed by atoms with van der Waals surface area (Å²) < 4.78 is 51.8. The van der Waals surface area contributed by atoms with E-state index in [1.165, 1.54) is 18.2 Å². The van der Waals surface area contributed by atoms with Gasteiger partial charge in [-0.2, -0.15) is 13.2 Å². The van der Waals surface area contributed by atoms with Crippen molar-refractivity contribution in [1.82, 2.24) is 9.97 Å². The molecular weight excluding hydrogens is 422 g/mol. The second-order valence-corrected chi connectivity index (χ2v) is 8.87. The number of hydrogen-bond acceptors (Lipinski definition) is 3. The van der Waals surface area contributed by atoms with E-state index in [9.17, 15) is 22.4 Å². The van der Waals surface area contributed by atoms with Crippen molar-refractivity contribution in [2.75, 3.05) is 5.32 Å². The Balaban J connectivity index is 1.23. The number of carbonyl (C=O) groups is 1. The molecule has 1 atom stereocenters. The quantitative estimate of drug-likeness (QED) is 0.499. The summed E-state index contributed by atoms with van der Waals surface area (Å²) in [4.78, 5) is 20.7. The predicted molar refractivity (Wildman–Crippen MR) is 111 cm³/mol. The number of aromatic nitrogens is 2. The molecule has 166 valence electrons. The molecule has 1 N–H and O–H groups in total. The van der Waals surface area contributed by atoms with Crippen molar-refractivity contribution < 1.29 is 22.4 Å². The number of carbonyl (C=O) groups excluding carboxylic acids is 1. The Kier molecular flexibility index (Phi) is 4.91. The van der Waals surface area contributed by atoms with Crippen LogP contribution in [-0.2, 0) is 11.0 Å². The average molecular weight is 443 g/mol. The SMILES string of the molecule is O=C(Nc1ccc(C(F)(F)F)cn1)[C@H]1C[C@]12CC[C@H](c1ccnc3ccc(F)cc31)CC2. The molecule has 2 heterocycles. The van der Waals surface area contributed by atoms with Crippen molar-refractivity contribution in [3.63, 3.8) is 0 Å². The summed E-state index contributed by atoms with van der Waals surface area (Å²) >= 11 is 0. The van der Waals surface area contributed by atoms with E-state index < -0.39 is 11.7 Å². The molecule has 2 fully saturated rings. The third-order valence-electron chi connectivity index (χ3n) is 7.01.